The molecule has 1 aromatic rings. The first-order valence-electron chi connectivity index (χ1n) is 5.59. The van der Waals surface area contributed by atoms with Gasteiger partial charge >= 0.3 is 0 Å². The standard InChI is InChI=1S/C12H16BrClN2O/c1-2-5-15-6-7-16-12(17)10-4-3-9(13)8-11(10)14/h3-4,8,15H,2,5-7H2,1H3,(H,16,17). The summed E-state index contributed by atoms with van der Waals surface area (Å²) >= 11 is 9.28. The Morgan fingerprint density at radius 3 is 2.76 bits per heavy atom. The molecule has 1 amide bonds. The van der Waals surface area contributed by atoms with Crippen LogP contribution in [0.15, 0.2) is 22.7 Å². The van der Waals surface area contributed by atoms with Crippen molar-refractivity contribution in [3.05, 3.63) is 33.3 Å². The first-order chi connectivity index (χ1) is 8.15. The van der Waals surface area contributed by atoms with Gasteiger partial charge in [0, 0.05) is 17.6 Å². The highest BCUT2D eigenvalue weighted by Gasteiger charge is 2.09. The van der Waals surface area contributed by atoms with E-state index in [1.54, 1.807) is 18.2 Å². The van der Waals surface area contributed by atoms with Crippen LogP contribution in [0.1, 0.15) is 23.7 Å². The predicted molar refractivity (Wildman–Crippen MR) is 74.6 cm³/mol. The van der Waals surface area contributed by atoms with Crippen molar-refractivity contribution in [3.63, 3.8) is 0 Å². The summed E-state index contributed by atoms with van der Waals surface area (Å²) in [5.41, 5.74) is 0.505. The Hall–Kier alpha value is -0.580. The average Bonchev–Trinajstić information content (AvgIpc) is 2.28. The maximum Gasteiger partial charge on any atom is 0.252 e. The summed E-state index contributed by atoms with van der Waals surface area (Å²) in [4.78, 5) is 11.8. The minimum Gasteiger partial charge on any atom is -0.351 e. The molecule has 0 saturated heterocycles. The van der Waals surface area contributed by atoms with Crippen LogP contribution in [0, 0.1) is 0 Å². The van der Waals surface area contributed by atoms with Gasteiger partial charge in [-0.25, -0.2) is 0 Å². The maximum atomic E-state index is 11.8. The molecule has 5 heteroatoms. The molecule has 2 N–H and O–H groups in total. The molecule has 17 heavy (non-hydrogen) atoms. The number of halogens is 2. The number of hydrogen-bond acceptors (Lipinski definition) is 2. The minimum absolute atomic E-state index is 0.138. The van der Waals surface area contributed by atoms with E-state index in [4.69, 9.17) is 11.6 Å². The molecule has 3 nitrogen and oxygen atoms in total. The molecule has 0 atom stereocenters. The second kappa shape index (κ2) is 7.69. The molecule has 0 aliphatic rings. The van der Waals surface area contributed by atoms with Gasteiger partial charge in [0.05, 0.1) is 10.6 Å². The van der Waals surface area contributed by atoms with Crippen LogP contribution in [0.2, 0.25) is 5.02 Å². The smallest absolute Gasteiger partial charge is 0.252 e. The normalized spacial score (nSPS) is 10.3. The lowest BCUT2D eigenvalue weighted by Crippen LogP contribution is -2.32. The summed E-state index contributed by atoms with van der Waals surface area (Å²) in [6.07, 6.45) is 1.09. The van der Waals surface area contributed by atoms with E-state index in [0.29, 0.717) is 17.1 Å². The molecule has 1 aromatic carbocycles. The monoisotopic (exact) mass is 318 g/mol. The largest absolute Gasteiger partial charge is 0.351 e. The van der Waals surface area contributed by atoms with Gasteiger partial charge in [0.2, 0.25) is 0 Å². The Balaban J connectivity index is 2.42. The number of carbonyl (C=O) groups is 1. The lowest BCUT2D eigenvalue weighted by atomic mass is 10.2. The molecule has 0 spiro atoms. The molecule has 0 fully saturated rings. The van der Waals surface area contributed by atoms with Crippen molar-refractivity contribution in [1.82, 2.24) is 10.6 Å². The second-order valence-electron chi connectivity index (χ2n) is 3.63. The Kier molecular flexibility index (Phi) is 6.55. The first kappa shape index (κ1) is 14.5. The highest BCUT2D eigenvalue weighted by atomic mass is 79.9. The Bertz CT molecular complexity index is 385. The fraction of sp³-hybridized carbons (Fsp3) is 0.417. The zero-order valence-corrected chi connectivity index (χ0v) is 12.1. The van der Waals surface area contributed by atoms with Gasteiger partial charge in [-0.1, -0.05) is 34.5 Å². The van der Waals surface area contributed by atoms with Crippen molar-refractivity contribution in [2.45, 2.75) is 13.3 Å². The number of benzene rings is 1. The first-order valence-corrected chi connectivity index (χ1v) is 6.76. The summed E-state index contributed by atoms with van der Waals surface area (Å²) in [5.74, 6) is -0.138. The van der Waals surface area contributed by atoms with Gasteiger partial charge in [-0.15, -0.1) is 0 Å². The van der Waals surface area contributed by atoms with Crippen LogP contribution in [-0.2, 0) is 0 Å². The molecule has 0 heterocycles. The third-order valence-corrected chi connectivity index (χ3v) is 3.00. The second-order valence-corrected chi connectivity index (χ2v) is 4.95. The van der Waals surface area contributed by atoms with Crippen LogP contribution < -0.4 is 10.6 Å². The van der Waals surface area contributed by atoms with E-state index in [2.05, 4.69) is 33.5 Å². The van der Waals surface area contributed by atoms with Crippen molar-refractivity contribution < 1.29 is 4.79 Å². The number of rotatable bonds is 6. The fourth-order valence-corrected chi connectivity index (χ4v) is 2.09. The van der Waals surface area contributed by atoms with E-state index in [0.717, 1.165) is 24.0 Å². The van der Waals surface area contributed by atoms with Crippen molar-refractivity contribution in [3.8, 4) is 0 Å². The molecular weight excluding hydrogens is 304 g/mol. The summed E-state index contributed by atoms with van der Waals surface area (Å²) in [6, 6.07) is 5.23. The molecule has 94 valence electrons. The molecule has 1 rings (SSSR count). The molecular formula is C12H16BrClN2O. The molecule has 0 aliphatic carbocycles. The maximum absolute atomic E-state index is 11.8. The number of carbonyl (C=O) groups excluding carboxylic acids is 1. The number of nitrogens with one attached hydrogen (secondary N) is 2. The average molecular weight is 320 g/mol. The number of hydrogen-bond donors (Lipinski definition) is 2. The summed E-state index contributed by atoms with van der Waals surface area (Å²) in [7, 11) is 0. The molecule has 0 saturated carbocycles. The Morgan fingerprint density at radius 1 is 1.35 bits per heavy atom. The van der Waals surface area contributed by atoms with Gasteiger partial charge in [-0.3, -0.25) is 4.79 Å². The lowest BCUT2D eigenvalue weighted by Gasteiger charge is -2.07. The predicted octanol–water partition coefficient (Wildman–Crippen LogP) is 2.83. The minimum atomic E-state index is -0.138. The van der Waals surface area contributed by atoms with Gasteiger partial charge < -0.3 is 10.6 Å². The third kappa shape index (κ3) is 5.06. The Morgan fingerprint density at radius 2 is 2.12 bits per heavy atom. The summed E-state index contributed by atoms with van der Waals surface area (Å²) in [5, 5.41) is 6.48. The zero-order valence-electron chi connectivity index (χ0n) is 9.72. The third-order valence-electron chi connectivity index (χ3n) is 2.19. The van der Waals surface area contributed by atoms with Crippen LogP contribution in [0.4, 0.5) is 0 Å². The molecule has 0 unspecified atom stereocenters. The quantitative estimate of drug-likeness (QED) is 0.792. The highest BCUT2D eigenvalue weighted by Crippen LogP contribution is 2.21. The lowest BCUT2D eigenvalue weighted by molar-refractivity contribution is 0.0954. The van der Waals surface area contributed by atoms with Crippen molar-refractivity contribution in [2.24, 2.45) is 0 Å². The van der Waals surface area contributed by atoms with E-state index >= 15 is 0 Å². The van der Waals surface area contributed by atoms with Gasteiger partial charge in [-0.2, -0.15) is 0 Å². The van der Waals surface area contributed by atoms with E-state index in [-0.39, 0.29) is 5.91 Å². The highest BCUT2D eigenvalue weighted by molar-refractivity contribution is 9.10. The summed E-state index contributed by atoms with van der Waals surface area (Å²) < 4.78 is 0.865. The summed E-state index contributed by atoms with van der Waals surface area (Å²) in [6.45, 7) is 4.45. The fourth-order valence-electron chi connectivity index (χ4n) is 1.34. The molecule has 0 radical (unpaired) electrons. The molecule has 0 aliphatic heterocycles. The van der Waals surface area contributed by atoms with E-state index in [1.807, 2.05) is 0 Å². The van der Waals surface area contributed by atoms with E-state index in [9.17, 15) is 4.79 Å². The van der Waals surface area contributed by atoms with Crippen LogP contribution in [-0.4, -0.2) is 25.5 Å². The van der Waals surface area contributed by atoms with E-state index in [1.165, 1.54) is 0 Å². The van der Waals surface area contributed by atoms with Crippen LogP contribution in [0.25, 0.3) is 0 Å². The number of amides is 1. The molecule has 0 aromatic heterocycles. The van der Waals surface area contributed by atoms with Crippen molar-refractivity contribution in [2.75, 3.05) is 19.6 Å². The van der Waals surface area contributed by atoms with Crippen LogP contribution >= 0.6 is 27.5 Å². The van der Waals surface area contributed by atoms with Gasteiger partial charge in [0.1, 0.15) is 0 Å². The van der Waals surface area contributed by atoms with Crippen molar-refractivity contribution >= 4 is 33.4 Å². The SMILES string of the molecule is CCCNCCNC(=O)c1ccc(Br)cc1Cl. The zero-order chi connectivity index (χ0) is 12.7. The van der Waals surface area contributed by atoms with Crippen molar-refractivity contribution in [1.29, 1.82) is 0 Å². The Labute approximate surface area is 115 Å². The van der Waals surface area contributed by atoms with E-state index < -0.39 is 0 Å². The van der Waals surface area contributed by atoms with Gasteiger partial charge in [-0.05, 0) is 31.2 Å². The van der Waals surface area contributed by atoms with Crippen LogP contribution in [0.5, 0.6) is 0 Å². The van der Waals surface area contributed by atoms with Crippen LogP contribution in [0.3, 0.4) is 0 Å². The van der Waals surface area contributed by atoms with Gasteiger partial charge in [0.15, 0.2) is 0 Å². The van der Waals surface area contributed by atoms with Gasteiger partial charge in [0.25, 0.3) is 5.91 Å². The molecule has 0 bridgehead atoms. The topological polar surface area (TPSA) is 41.1 Å².